The van der Waals surface area contributed by atoms with E-state index in [1.165, 1.54) is 34.1 Å². The van der Waals surface area contributed by atoms with Crippen LogP contribution in [0.25, 0.3) is 0 Å². The number of urea groups is 1. The molecule has 0 saturated carbocycles. The van der Waals surface area contributed by atoms with Crippen molar-refractivity contribution in [3.05, 3.63) is 57.0 Å². The largest absolute Gasteiger partial charge is 0.416 e. The first-order chi connectivity index (χ1) is 12.2. The summed E-state index contributed by atoms with van der Waals surface area (Å²) in [5, 5.41) is 0.716. The third-order valence-electron chi connectivity index (χ3n) is 3.99. The highest BCUT2D eigenvalue weighted by atomic mass is 35.5. The van der Waals surface area contributed by atoms with E-state index in [1.807, 2.05) is 0 Å². The maximum absolute atomic E-state index is 13.0. The molecule has 9 heteroatoms. The minimum atomic E-state index is -4.48. The van der Waals surface area contributed by atoms with Gasteiger partial charge in [-0.2, -0.15) is 13.2 Å². The Hall–Kier alpha value is -1.63. The second-order valence-electron chi connectivity index (χ2n) is 5.71. The van der Waals surface area contributed by atoms with Crippen molar-refractivity contribution < 1.29 is 18.0 Å². The molecule has 0 radical (unpaired) electrons. The first-order valence-electron chi connectivity index (χ1n) is 7.59. The van der Waals surface area contributed by atoms with Crippen LogP contribution in [0.15, 0.2) is 36.4 Å². The number of alkyl halides is 3. The number of rotatable bonds is 2. The van der Waals surface area contributed by atoms with Crippen LogP contribution in [0.1, 0.15) is 12.0 Å². The minimum absolute atomic E-state index is 0.172. The predicted molar refractivity (Wildman–Crippen MR) is 97.6 cm³/mol. The van der Waals surface area contributed by atoms with E-state index >= 15 is 0 Å². The summed E-state index contributed by atoms with van der Waals surface area (Å²) < 4.78 is 38.9. The summed E-state index contributed by atoms with van der Waals surface area (Å²) in [7, 11) is 0. The normalized spacial score (nSPS) is 15.5. The van der Waals surface area contributed by atoms with Crippen molar-refractivity contribution in [2.75, 3.05) is 22.9 Å². The molecule has 0 spiro atoms. The third kappa shape index (κ3) is 3.72. The van der Waals surface area contributed by atoms with Gasteiger partial charge < -0.3 is 0 Å². The summed E-state index contributed by atoms with van der Waals surface area (Å²) in [6, 6.07) is 7.08. The summed E-state index contributed by atoms with van der Waals surface area (Å²) >= 11 is 18.1. The van der Waals surface area contributed by atoms with Crippen LogP contribution in [0.2, 0.25) is 15.1 Å². The average Bonchev–Trinajstić information content (AvgIpc) is 2.58. The first-order valence-corrected chi connectivity index (χ1v) is 8.72. The van der Waals surface area contributed by atoms with Crippen molar-refractivity contribution in [1.29, 1.82) is 0 Å². The van der Waals surface area contributed by atoms with Gasteiger partial charge in [0, 0.05) is 18.8 Å². The number of amides is 2. The number of hydrogen-bond acceptors (Lipinski definition) is 1. The maximum Gasteiger partial charge on any atom is 0.416 e. The van der Waals surface area contributed by atoms with Crippen LogP contribution in [0.4, 0.5) is 29.3 Å². The molecule has 0 unspecified atom stereocenters. The maximum atomic E-state index is 13.0. The highest BCUT2D eigenvalue weighted by molar-refractivity contribution is 6.44. The lowest BCUT2D eigenvalue weighted by molar-refractivity contribution is -0.137. The van der Waals surface area contributed by atoms with E-state index in [4.69, 9.17) is 34.8 Å². The lowest BCUT2D eigenvalue weighted by atomic mass is 10.1. The smallest absolute Gasteiger partial charge is 0.294 e. The Morgan fingerprint density at radius 2 is 1.54 bits per heavy atom. The molecular formula is C17H12Cl3F3N2O. The van der Waals surface area contributed by atoms with Crippen LogP contribution in [0.5, 0.6) is 0 Å². The van der Waals surface area contributed by atoms with Gasteiger partial charge in [0.1, 0.15) is 0 Å². The van der Waals surface area contributed by atoms with Crippen LogP contribution in [-0.2, 0) is 6.18 Å². The number of carbonyl (C=O) groups excluding carboxylic acids is 1. The first kappa shape index (κ1) is 19.1. The minimum Gasteiger partial charge on any atom is -0.294 e. The summed E-state index contributed by atoms with van der Waals surface area (Å²) in [6.07, 6.45) is -3.93. The highest BCUT2D eigenvalue weighted by Crippen LogP contribution is 2.37. The fourth-order valence-electron chi connectivity index (χ4n) is 2.76. The highest BCUT2D eigenvalue weighted by Gasteiger charge is 2.33. The van der Waals surface area contributed by atoms with Crippen molar-refractivity contribution >= 4 is 52.2 Å². The van der Waals surface area contributed by atoms with Gasteiger partial charge in [-0.15, -0.1) is 0 Å². The molecule has 0 N–H and O–H groups in total. The van der Waals surface area contributed by atoms with Gasteiger partial charge in [-0.25, -0.2) is 4.79 Å². The Morgan fingerprint density at radius 3 is 2.23 bits per heavy atom. The van der Waals surface area contributed by atoms with Crippen LogP contribution in [0.3, 0.4) is 0 Å². The molecule has 2 aromatic carbocycles. The van der Waals surface area contributed by atoms with E-state index in [2.05, 4.69) is 0 Å². The molecule has 0 aliphatic carbocycles. The van der Waals surface area contributed by atoms with E-state index in [0.29, 0.717) is 25.2 Å². The number of halogens is 6. The number of benzene rings is 2. The van der Waals surface area contributed by atoms with Crippen molar-refractivity contribution in [3.8, 4) is 0 Å². The molecule has 1 heterocycles. The Bertz CT molecular complexity index is 858. The fraction of sp³-hybridized carbons (Fsp3) is 0.235. The number of hydrogen-bond donors (Lipinski definition) is 0. The second kappa shape index (κ2) is 7.18. The molecule has 2 amide bonds. The molecule has 1 aliphatic heterocycles. The second-order valence-corrected chi connectivity index (χ2v) is 6.93. The van der Waals surface area contributed by atoms with Crippen molar-refractivity contribution in [2.24, 2.45) is 0 Å². The number of carbonyl (C=O) groups is 1. The fourth-order valence-corrected chi connectivity index (χ4v) is 3.40. The lowest BCUT2D eigenvalue weighted by Gasteiger charge is -2.36. The van der Waals surface area contributed by atoms with Crippen LogP contribution in [-0.4, -0.2) is 19.1 Å². The zero-order chi connectivity index (χ0) is 19.1. The number of anilines is 2. The zero-order valence-corrected chi connectivity index (χ0v) is 15.4. The van der Waals surface area contributed by atoms with E-state index in [9.17, 15) is 18.0 Å². The third-order valence-corrected chi connectivity index (χ3v) is 5.02. The summed E-state index contributed by atoms with van der Waals surface area (Å²) in [4.78, 5) is 15.5. The van der Waals surface area contributed by atoms with Gasteiger partial charge in [0.05, 0.1) is 26.3 Å². The molecule has 0 bridgehead atoms. The summed E-state index contributed by atoms with van der Waals surface area (Å²) in [6.45, 7) is 0.668. The van der Waals surface area contributed by atoms with Crippen molar-refractivity contribution in [1.82, 2.24) is 0 Å². The molecule has 1 aliphatic rings. The van der Waals surface area contributed by atoms with Gasteiger partial charge in [0.25, 0.3) is 0 Å². The predicted octanol–water partition coefficient (Wildman–Crippen LogP) is 6.50. The SMILES string of the molecule is O=C1N(c2cccc(C(F)(F)F)c2)CCCN1c1cc(Cl)c(Cl)cc1Cl. The van der Waals surface area contributed by atoms with Crippen LogP contribution < -0.4 is 9.80 Å². The van der Waals surface area contributed by atoms with Gasteiger partial charge >= 0.3 is 12.2 Å². The molecular weight excluding hydrogens is 412 g/mol. The molecule has 1 saturated heterocycles. The van der Waals surface area contributed by atoms with Crippen molar-refractivity contribution in [2.45, 2.75) is 12.6 Å². The standard InChI is InChI=1S/C17H12Cl3F3N2O/c18-12-8-14(20)15(9-13(12)19)25-6-2-5-24(16(25)26)11-4-1-3-10(7-11)17(21,22)23/h1,3-4,7-9H,2,5-6H2. The van der Waals surface area contributed by atoms with Gasteiger partial charge in [0.15, 0.2) is 0 Å². The zero-order valence-electron chi connectivity index (χ0n) is 13.2. The molecule has 0 atom stereocenters. The number of nitrogens with zero attached hydrogens (tertiary/aromatic N) is 2. The van der Waals surface area contributed by atoms with Gasteiger partial charge in [-0.05, 0) is 36.8 Å². The Balaban J connectivity index is 1.95. The Morgan fingerprint density at radius 1 is 0.885 bits per heavy atom. The van der Waals surface area contributed by atoms with Gasteiger partial charge in [-0.3, -0.25) is 9.80 Å². The van der Waals surface area contributed by atoms with E-state index in [-0.39, 0.29) is 20.8 Å². The monoisotopic (exact) mass is 422 g/mol. The molecule has 1 fully saturated rings. The summed E-state index contributed by atoms with van der Waals surface area (Å²) in [5.41, 5.74) is -0.277. The van der Waals surface area contributed by atoms with Gasteiger partial charge in [-0.1, -0.05) is 40.9 Å². The van der Waals surface area contributed by atoms with E-state index in [0.717, 1.165) is 12.1 Å². The lowest BCUT2D eigenvalue weighted by Crippen LogP contribution is -2.49. The molecule has 3 rings (SSSR count). The summed E-state index contributed by atoms with van der Waals surface area (Å²) in [5.74, 6) is 0. The van der Waals surface area contributed by atoms with Gasteiger partial charge in [0.2, 0.25) is 0 Å². The Labute approximate surface area is 162 Å². The Kier molecular flexibility index (Phi) is 5.28. The molecule has 26 heavy (non-hydrogen) atoms. The van der Waals surface area contributed by atoms with Crippen LogP contribution >= 0.6 is 34.8 Å². The average molecular weight is 424 g/mol. The van der Waals surface area contributed by atoms with Crippen molar-refractivity contribution in [3.63, 3.8) is 0 Å². The molecule has 3 nitrogen and oxygen atoms in total. The van der Waals surface area contributed by atoms with E-state index in [1.54, 1.807) is 0 Å². The molecule has 0 aromatic heterocycles. The topological polar surface area (TPSA) is 23.6 Å². The molecule has 138 valence electrons. The van der Waals surface area contributed by atoms with Crippen LogP contribution in [0, 0.1) is 0 Å². The quantitative estimate of drug-likeness (QED) is 0.506. The van der Waals surface area contributed by atoms with E-state index < -0.39 is 17.8 Å². The molecule has 2 aromatic rings.